The summed E-state index contributed by atoms with van der Waals surface area (Å²) in [6.45, 7) is 6.64. The minimum Gasteiger partial charge on any atom is -0.396 e. The van der Waals surface area contributed by atoms with Gasteiger partial charge in [0.1, 0.15) is 5.15 Å². The van der Waals surface area contributed by atoms with E-state index in [2.05, 4.69) is 4.98 Å². The van der Waals surface area contributed by atoms with Crippen molar-refractivity contribution >= 4 is 23.1 Å². The Morgan fingerprint density at radius 3 is 2.62 bits per heavy atom. The maximum Gasteiger partial charge on any atom is 0.153 e. The first-order valence-corrected chi connectivity index (χ1v) is 5.60. The molecule has 4 nitrogen and oxygen atoms in total. The van der Waals surface area contributed by atoms with Crippen LogP contribution in [0.25, 0.3) is 0 Å². The van der Waals surface area contributed by atoms with Crippen molar-refractivity contribution in [3.63, 3.8) is 0 Å². The Labute approximate surface area is 101 Å². The van der Waals surface area contributed by atoms with Crippen LogP contribution < -0.4 is 10.6 Å². The van der Waals surface area contributed by atoms with Crippen LogP contribution in [0.1, 0.15) is 20.8 Å². The van der Waals surface area contributed by atoms with Crippen LogP contribution in [0.3, 0.4) is 0 Å². The van der Waals surface area contributed by atoms with Crippen molar-refractivity contribution in [3.05, 3.63) is 17.3 Å². The van der Waals surface area contributed by atoms with E-state index in [1.165, 1.54) is 0 Å². The normalized spacial score (nSPS) is 11.6. The summed E-state index contributed by atoms with van der Waals surface area (Å²) >= 11 is 5.83. The first-order chi connectivity index (χ1) is 7.33. The Hall–Kier alpha value is -1.00. The standard InChI is InChI=1S/C11H18ClN3O/c1-4-15(7-11(2,3)16)10-8(13)5-6-9(12)14-10/h5-6,16H,4,7,13H2,1-3H3. The van der Waals surface area contributed by atoms with E-state index in [9.17, 15) is 5.11 Å². The molecule has 1 heterocycles. The molecule has 0 aromatic carbocycles. The third kappa shape index (κ3) is 3.54. The van der Waals surface area contributed by atoms with Gasteiger partial charge in [-0.05, 0) is 32.9 Å². The van der Waals surface area contributed by atoms with Gasteiger partial charge in [-0.3, -0.25) is 0 Å². The van der Waals surface area contributed by atoms with Gasteiger partial charge in [-0.25, -0.2) is 4.98 Å². The van der Waals surface area contributed by atoms with Crippen LogP contribution in [0.15, 0.2) is 12.1 Å². The minimum absolute atomic E-state index is 0.401. The van der Waals surface area contributed by atoms with Crippen molar-refractivity contribution in [2.24, 2.45) is 0 Å². The van der Waals surface area contributed by atoms with Crippen LogP contribution in [-0.4, -0.2) is 28.8 Å². The number of aliphatic hydroxyl groups is 1. The lowest BCUT2D eigenvalue weighted by Crippen LogP contribution is -2.39. The van der Waals surface area contributed by atoms with Gasteiger partial charge in [0.2, 0.25) is 0 Å². The number of nitrogens with zero attached hydrogens (tertiary/aromatic N) is 2. The molecule has 0 spiro atoms. The number of hydrogen-bond donors (Lipinski definition) is 2. The highest BCUT2D eigenvalue weighted by atomic mass is 35.5. The topological polar surface area (TPSA) is 62.4 Å². The van der Waals surface area contributed by atoms with E-state index in [0.29, 0.717) is 29.7 Å². The van der Waals surface area contributed by atoms with Gasteiger partial charge in [0.15, 0.2) is 5.82 Å². The highest BCUT2D eigenvalue weighted by molar-refractivity contribution is 6.29. The molecule has 90 valence electrons. The van der Waals surface area contributed by atoms with Crippen molar-refractivity contribution < 1.29 is 5.11 Å². The summed E-state index contributed by atoms with van der Waals surface area (Å²) in [5, 5.41) is 10.2. The molecule has 5 heteroatoms. The van der Waals surface area contributed by atoms with Gasteiger partial charge in [0.25, 0.3) is 0 Å². The molecule has 0 atom stereocenters. The molecule has 16 heavy (non-hydrogen) atoms. The Morgan fingerprint density at radius 1 is 1.50 bits per heavy atom. The summed E-state index contributed by atoms with van der Waals surface area (Å²) in [7, 11) is 0. The summed E-state index contributed by atoms with van der Waals surface area (Å²) in [5.74, 6) is 0.622. The Bertz CT molecular complexity index is 363. The number of hydrogen-bond acceptors (Lipinski definition) is 4. The highest BCUT2D eigenvalue weighted by Gasteiger charge is 2.20. The summed E-state index contributed by atoms with van der Waals surface area (Å²) in [6, 6.07) is 3.37. The lowest BCUT2D eigenvalue weighted by Gasteiger charge is -2.29. The van der Waals surface area contributed by atoms with Crippen LogP contribution in [0.4, 0.5) is 11.5 Å². The molecular weight excluding hydrogens is 226 g/mol. The molecule has 0 bridgehead atoms. The number of anilines is 2. The predicted molar refractivity (Wildman–Crippen MR) is 67.8 cm³/mol. The average Bonchev–Trinajstić information content (AvgIpc) is 2.17. The van der Waals surface area contributed by atoms with Gasteiger partial charge in [0.05, 0.1) is 11.3 Å². The molecule has 0 saturated carbocycles. The summed E-state index contributed by atoms with van der Waals surface area (Å²) in [6.07, 6.45) is 0. The lowest BCUT2D eigenvalue weighted by molar-refractivity contribution is 0.0874. The van der Waals surface area contributed by atoms with Gasteiger partial charge < -0.3 is 15.7 Å². The van der Waals surface area contributed by atoms with Crippen LogP contribution in [-0.2, 0) is 0 Å². The van der Waals surface area contributed by atoms with E-state index in [-0.39, 0.29) is 0 Å². The van der Waals surface area contributed by atoms with Crippen molar-refractivity contribution in [3.8, 4) is 0 Å². The van der Waals surface area contributed by atoms with Crippen LogP contribution in [0.5, 0.6) is 0 Å². The molecule has 0 saturated heterocycles. The zero-order chi connectivity index (χ0) is 12.3. The number of rotatable bonds is 4. The van der Waals surface area contributed by atoms with E-state index >= 15 is 0 Å². The number of nitrogen functional groups attached to an aromatic ring is 1. The summed E-state index contributed by atoms with van der Waals surface area (Å²) in [5.41, 5.74) is 5.61. The van der Waals surface area contributed by atoms with E-state index in [1.54, 1.807) is 26.0 Å². The third-order valence-corrected chi connectivity index (χ3v) is 2.34. The first-order valence-electron chi connectivity index (χ1n) is 5.23. The number of aromatic nitrogens is 1. The molecule has 0 radical (unpaired) electrons. The van der Waals surface area contributed by atoms with Crippen molar-refractivity contribution in [1.82, 2.24) is 4.98 Å². The van der Waals surface area contributed by atoms with Gasteiger partial charge >= 0.3 is 0 Å². The molecule has 0 aliphatic heterocycles. The zero-order valence-corrected chi connectivity index (χ0v) is 10.6. The Morgan fingerprint density at radius 2 is 2.12 bits per heavy atom. The molecular formula is C11H18ClN3O. The fourth-order valence-electron chi connectivity index (χ4n) is 1.49. The van der Waals surface area contributed by atoms with Crippen molar-refractivity contribution in [1.29, 1.82) is 0 Å². The molecule has 0 aliphatic carbocycles. The van der Waals surface area contributed by atoms with Gasteiger partial charge in [0, 0.05) is 13.1 Å². The number of pyridine rings is 1. The number of likely N-dealkylation sites (N-methyl/N-ethyl adjacent to an activating group) is 1. The second-order valence-corrected chi connectivity index (χ2v) is 4.76. The molecule has 3 N–H and O–H groups in total. The van der Waals surface area contributed by atoms with E-state index in [1.807, 2.05) is 11.8 Å². The third-order valence-electron chi connectivity index (χ3n) is 2.13. The second-order valence-electron chi connectivity index (χ2n) is 4.37. The summed E-state index contributed by atoms with van der Waals surface area (Å²) < 4.78 is 0. The van der Waals surface area contributed by atoms with E-state index < -0.39 is 5.60 Å². The highest BCUT2D eigenvalue weighted by Crippen LogP contribution is 2.24. The van der Waals surface area contributed by atoms with Crippen molar-refractivity contribution in [2.75, 3.05) is 23.7 Å². The maximum atomic E-state index is 9.80. The molecule has 0 aliphatic rings. The lowest BCUT2D eigenvalue weighted by atomic mass is 10.1. The van der Waals surface area contributed by atoms with Gasteiger partial charge in [-0.15, -0.1) is 0 Å². The van der Waals surface area contributed by atoms with E-state index in [0.717, 1.165) is 0 Å². The summed E-state index contributed by atoms with van der Waals surface area (Å²) in [4.78, 5) is 6.09. The fraction of sp³-hybridized carbons (Fsp3) is 0.545. The van der Waals surface area contributed by atoms with E-state index in [4.69, 9.17) is 17.3 Å². The molecule has 0 unspecified atom stereocenters. The number of nitrogens with two attached hydrogens (primary N) is 1. The fourth-order valence-corrected chi connectivity index (χ4v) is 1.64. The average molecular weight is 244 g/mol. The molecule has 0 amide bonds. The van der Waals surface area contributed by atoms with Crippen LogP contribution in [0, 0.1) is 0 Å². The predicted octanol–water partition coefficient (Wildman–Crippen LogP) is 1.91. The smallest absolute Gasteiger partial charge is 0.153 e. The maximum absolute atomic E-state index is 9.80. The first kappa shape index (κ1) is 13.1. The van der Waals surface area contributed by atoms with Gasteiger partial charge in [-0.1, -0.05) is 11.6 Å². The quantitative estimate of drug-likeness (QED) is 0.794. The Balaban J connectivity index is 2.99. The minimum atomic E-state index is -0.799. The number of halogens is 1. The molecule has 1 rings (SSSR count). The van der Waals surface area contributed by atoms with Crippen LogP contribution in [0.2, 0.25) is 5.15 Å². The molecule has 1 aromatic rings. The van der Waals surface area contributed by atoms with Crippen molar-refractivity contribution in [2.45, 2.75) is 26.4 Å². The zero-order valence-electron chi connectivity index (χ0n) is 9.87. The second kappa shape index (κ2) is 4.89. The monoisotopic (exact) mass is 243 g/mol. The van der Waals surface area contributed by atoms with Gasteiger partial charge in [-0.2, -0.15) is 0 Å². The SMILES string of the molecule is CCN(CC(C)(C)O)c1nc(Cl)ccc1N. The largest absolute Gasteiger partial charge is 0.396 e. The van der Waals surface area contributed by atoms with Crippen LogP contribution >= 0.6 is 11.6 Å². The molecule has 0 fully saturated rings. The Kier molecular flexibility index (Phi) is 3.99. The molecule has 1 aromatic heterocycles.